The van der Waals surface area contributed by atoms with Gasteiger partial charge in [-0.15, -0.1) is 0 Å². The van der Waals surface area contributed by atoms with E-state index in [2.05, 4.69) is 20.5 Å². The molecule has 2 aromatic carbocycles. The highest BCUT2D eigenvalue weighted by Gasteiger charge is 2.07. The highest BCUT2D eigenvalue weighted by molar-refractivity contribution is 5.86. The maximum Gasteiger partial charge on any atom is 0.257 e. The van der Waals surface area contributed by atoms with Crippen LogP contribution in [0.5, 0.6) is 5.75 Å². The number of rotatable bonds is 8. The van der Waals surface area contributed by atoms with Crippen LogP contribution in [-0.2, 0) is 11.2 Å². The molecule has 2 N–H and O–H groups in total. The van der Waals surface area contributed by atoms with Crippen LogP contribution in [0.1, 0.15) is 22.5 Å². The van der Waals surface area contributed by atoms with Crippen molar-refractivity contribution in [2.24, 2.45) is 4.99 Å². The van der Waals surface area contributed by atoms with E-state index in [0.717, 1.165) is 29.1 Å². The van der Waals surface area contributed by atoms with Gasteiger partial charge in [0.25, 0.3) is 5.91 Å². The van der Waals surface area contributed by atoms with Crippen molar-refractivity contribution in [2.45, 2.75) is 20.3 Å². The minimum absolute atomic E-state index is 0.0383. The van der Waals surface area contributed by atoms with E-state index in [1.165, 1.54) is 5.56 Å². The standard InChI is InChI=1S/C22H24N4O2/c1-16-22(17(2)26-25-16)24-14-19-10-6-7-11-20(19)28-15-21(27)23-13-12-18-8-4-3-5-9-18/h3-11,14H,12-13,15H2,1-2H3,(H,23,27)(H,25,26). The molecule has 144 valence electrons. The smallest absolute Gasteiger partial charge is 0.257 e. The van der Waals surface area contributed by atoms with E-state index in [-0.39, 0.29) is 12.5 Å². The summed E-state index contributed by atoms with van der Waals surface area (Å²) in [6.45, 7) is 4.37. The van der Waals surface area contributed by atoms with E-state index in [0.29, 0.717) is 12.3 Å². The molecule has 1 aromatic heterocycles. The van der Waals surface area contributed by atoms with Gasteiger partial charge in [0, 0.05) is 18.3 Å². The van der Waals surface area contributed by atoms with Crippen molar-refractivity contribution in [3.05, 3.63) is 77.1 Å². The highest BCUT2D eigenvalue weighted by Crippen LogP contribution is 2.22. The van der Waals surface area contributed by atoms with Crippen molar-refractivity contribution < 1.29 is 9.53 Å². The number of hydrogen-bond donors (Lipinski definition) is 2. The number of carbonyl (C=O) groups is 1. The van der Waals surface area contributed by atoms with Gasteiger partial charge in [0.15, 0.2) is 6.61 Å². The molecule has 0 atom stereocenters. The minimum atomic E-state index is -0.149. The predicted molar refractivity (Wildman–Crippen MR) is 110 cm³/mol. The van der Waals surface area contributed by atoms with E-state index >= 15 is 0 Å². The molecule has 3 rings (SSSR count). The van der Waals surface area contributed by atoms with Crippen LogP contribution in [0, 0.1) is 13.8 Å². The van der Waals surface area contributed by atoms with E-state index in [1.807, 2.05) is 68.4 Å². The molecule has 6 heteroatoms. The molecule has 0 aliphatic heterocycles. The zero-order valence-corrected chi connectivity index (χ0v) is 16.1. The molecule has 0 radical (unpaired) electrons. The summed E-state index contributed by atoms with van der Waals surface area (Å²) in [5.41, 5.74) is 4.55. The fourth-order valence-corrected chi connectivity index (χ4v) is 2.77. The molecular formula is C22H24N4O2. The lowest BCUT2D eigenvalue weighted by atomic mass is 10.1. The number of H-pyrrole nitrogens is 1. The van der Waals surface area contributed by atoms with E-state index in [1.54, 1.807) is 6.21 Å². The van der Waals surface area contributed by atoms with Crippen LogP contribution >= 0.6 is 0 Å². The van der Waals surface area contributed by atoms with Crippen LogP contribution in [0.25, 0.3) is 0 Å². The first-order chi connectivity index (χ1) is 13.6. The average Bonchev–Trinajstić information content (AvgIpc) is 3.04. The summed E-state index contributed by atoms with van der Waals surface area (Å²) in [4.78, 5) is 16.6. The second-order valence-electron chi connectivity index (χ2n) is 6.45. The van der Waals surface area contributed by atoms with Gasteiger partial charge in [-0.1, -0.05) is 42.5 Å². The first-order valence-electron chi connectivity index (χ1n) is 9.21. The van der Waals surface area contributed by atoms with Gasteiger partial charge in [0.2, 0.25) is 0 Å². The van der Waals surface area contributed by atoms with Gasteiger partial charge in [0.1, 0.15) is 11.4 Å². The third kappa shape index (κ3) is 5.30. The first kappa shape index (κ1) is 19.4. The first-order valence-corrected chi connectivity index (χ1v) is 9.21. The summed E-state index contributed by atoms with van der Waals surface area (Å²) in [7, 11) is 0. The summed E-state index contributed by atoms with van der Waals surface area (Å²) in [6.07, 6.45) is 2.52. The number of aromatic nitrogens is 2. The zero-order chi connectivity index (χ0) is 19.8. The Balaban J connectivity index is 1.54. The van der Waals surface area contributed by atoms with Crippen LogP contribution < -0.4 is 10.1 Å². The fourth-order valence-electron chi connectivity index (χ4n) is 2.77. The molecule has 0 fully saturated rings. The molecule has 0 saturated heterocycles. The van der Waals surface area contributed by atoms with Crippen LogP contribution in [0.15, 0.2) is 59.6 Å². The second-order valence-corrected chi connectivity index (χ2v) is 6.45. The number of hydrogen-bond acceptors (Lipinski definition) is 4. The molecule has 0 bridgehead atoms. The minimum Gasteiger partial charge on any atom is -0.483 e. The normalized spacial score (nSPS) is 10.9. The van der Waals surface area contributed by atoms with E-state index in [9.17, 15) is 4.79 Å². The monoisotopic (exact) mass is 376 g/mol. The van der Waals surface area contributed by atoms with Gasteiger partial charge in [-0.05, 0) is 38.0 Å². The fraction of sp³-hybridized carbons (Fsp3) is 0.227. The summed E-state index contributed by atoms with van der Waals surface area (Å²) >= 11 is 0. The lowest BCUT2D eigenvalue weighted by Gasteiger charge is -2.09. The Morgan fingerprint density at radius 1 is 1.14 bits per heavy atom. The zero-order valence-electron chi connectivity index (χ0n) is 16.1. The topological polar surface area (TPSA) is 79.4 Å². The Kier molecular flexibility index (Phi) is 6.57. The lowest BCUT2D eigenvalue weighted by molar-refractivity contribution is -0.123. The second kappa shape index (κ2) is 9.50. The van der Waals surface area contributed by atoms with Gasteiger partial charge in [0.05, 0.1) is 11.4 Å². The Hall–Kier alpha value is -3.41. The average molecular weight is 376 g/mol. The Bertz CT molecular complexity index is 929. The molecule has 1 heterocycles. The highest BCUT2D eigenvalue weighted by atomic mass is 16.5. The summed E-state index contributed by atoms with van der Waals surface area (Å²) in [6, 6.07) is 17.5. The SMILES string of the molecule is Cc1n[nH]c(C)c1N=Cc1ccccc1OCC(=O)NCCc1ccccc1. The summed E-state index contributed by atoms with van der Waals surface area (Å²) in [5.74, 6) is 0.465. The molecule has 3 aromatic rings. The molecule has 0 aliphatic rings. The summed E-state index contributed by atoms with van der Waals surface area (Å²) in [5, 5.41) is 9.93. The van der Waals surface area contributed by atoms with Gasteiger partial charge in [-0.3, -0.25) is 14.9 Å². The van der Waals surface area contributed by atoms with Crippen LogP contribution in [0.4, 0.5) is 5.69 Å². The van der Waals surface area contributed by atoms with Gasteiger partial charge >= 0.3 is 0 Å². The molecule has 1 amide bonds. The van der Waals surface area contributed by atoms with Crippen LogP contribution in [0.2, 0.25) is 0 Å². The number of aryl methyl sites for hydroxylation is 2. The number of ether oxygens (including phenoxy) is 1. The number of aromatic amines is 1. The number of nitrogens with one attached hydrogen (secondary N) is 2. The van der Waals surface area contributed by atoms with Gasteiger partial charge in [-0.25, -0.2) is 0 Å². The maximum absolute atomic E-state index is 12.1. The number of carbonyl (C=O) groups excluding carboxylic acids is 1. The molecule has 0 saturated carbocycles. The Labute approximate surface area is 164 Å². The van der Waals surface area contributed by atoms with E-state index < -0.39 is 0 Å². The number of benzene rings is 2. The van der Waals surface area contributed by atoms with Crippen LogP contribution in [-0.4, -0.2) is 35.5 Å². The maximum atomic E-state index is 12.1. The van der Waals surface area contributed by atoms with Crippen LogP contribution in [0.3, 0.4) is 0 Å². The molecule has 6 nitrogen and oxygen atoms in total. The van der Waals surface area contributed by atoms with Crippen molar-refractivity contribution >= 4 is 17.8 Å². The third-order valence-electron chi connectivity index (χ3n) is 4.28. The van der Waals surface area contributed by atoms with E-state index in [4.69, 9.17) is 4.74 Å². The Morgan fingerprint density at radius 3 is 2.64 bits per heavy atom. The van der Waals surface area contributed by atoms with Crippen molar-refractivity contribution in [1.82, 2.24) is 15.5 Å². The number of para-hydroxylation sites is 1. The van der Waals surface area contributed by atoms with Gasteiger partial charge < -0.3 is 10.1 Å². The summed E-state index contributed by atoms with van der Waals surface area (Å²) < 4.78 is 5.71. The molecule has 0 unspecified atom stereocenters. The van der Waals surface area contributed by atoms with Crippen molar-refractivity contribution in [3.8, 4) is 5.75 Å². The third-order valence-corrected chi connectivity index (χ3v) is 4.28. The van der Waals surface area contributed by atoms with Gasteiger partial charge in [-0.2, -0.15) is 5.10 Å². The predicted octanol–water partition coefficient (Wildman–Crippen LogP) is 3.51. The largest absolute Gasteiger partial charge is 0.483 e. The lowest BCUT2D eigenvalue weighted by Crippen LogP contribution is -2.30. The number of aliphatic imine (C=N–C) groups is 1. The Morgan fingerprint density at radius 2 is 1.89 bits per heavy atom. The molecule has 0 spiro atoms. The quantitative estimate of drug-likeness (QED) is 0.591. The number of amides is 1. The molecule has 28 heavy (non-hydrogen) atoms. The van der Waals surface area contributed by atoms with Crippen molar-refractivity contribution in [3.63, 3.8) is 0 Å². The molecule has 0 aliphatic carbocycles. The van der Waals surface area contributed by atoms with Crippen molar-refractivity contribution in [2.75, 3.05) is 13.2 Å². The number of nitrogens with zero attached hydrogens (tertiary/aromatic N) is 2. The van der Waals surface area contributed by atoms with Crippen molar-refractivity contribution in [1.29, 1.82) is 0 Å². The molecular weight excluding hydrogens is 352 g/mol.